The smallest absolute Gasteiger partial charge is 0.250 e. The molecule has 1 saturated heterocycles. The maximum atomic E-state index is 12.5. The van der Waals surface area contributed by atoms with Gasteiger partial charge in [0.05, 0.1) is 0 Å². The van der Waals surface area contributed by atoms with Crippen molar-refractivity contribution in [2.75, 3.05) is 0 Å². The van der Waals surface area contributed by atoms with Crippen LogP contribution in [0.4, 0.5) is 0 Å². The summed E-state index contributed by atoms with van der Waals surface area (Å²) in [7, 11) is 0. The molecule has 0 unspecified atom stereocenters. The van der Waals surface area contributed by atoms with E-state index in [0.717, 1.165) is 18.4 Å². The number of rotatable bonds is 1. The van der Waals surface area contributed by atoms with Crippen LogP contribution in [-0.4, -0.2) is 21.9 Å². The van der Waals surface area contributed by atoms with Crippen LogP contribution in [0.3, 0.4) is 0 Å². The standard InChI is InChI=1S/C15H27NO/c1-8-12(3)13(17)16-14(4,5)9-11(2)10-15(16,6)7/h8,11H,9-10H2,1-7H3/b12-8+. The van der Waals surface area contributed by atoms with Crippen molar-refractivity contribution in [3.8, 4) is 0 Å². The highest BCUT2D eigenvalue weighted by molar-refractivity contribution is 5.93. The molecular weight excluding hydrogens is 210 g/mol. The molecule has 17 heavy (non-hydrogen) atoms. The summed E-state index contributed by atoms with van der Waals surface area (Å²) in [6.07, 6.45) is 4.07. The molecule has 2 nitrogen and oxygen atoms in total. The number of allylic oxidation sites excluding steroid dienone is 1. The Hall–Kier alpha value is -0.790. The first-order chi connectivity index (χ1) is 7.62. The van der Waals surface area contributed by atoms with Gasteiger partial charge in [0.25, 0.3) is 0 Å². The molecule has 1 rings (SSSR count). The van der Waals surface area contributed by atoms with Gasteiger partial charge in [-0.1, -0.05) is 13.0 Å². The number of amides is 1. The molecule has 0 atom stereocenters. The summed E-state index contributed by atoms with van der Waals surface area (Å²) in [4.78, 5) is 14.6. The van der Waals surface area contributed by atoms with Gasteiger partial charge >= 0.3 is 0 Å². The van der Waals surface area contributed by atoms with E-state index in [0.29, 0.717) is 5.92 Å². The summed E-state index contributed by atoms with van der Waals surface area (Å²) >= 11 is 0. The van der Waals surface area contributed by atoms with Crippen molar-refractivity contribution < 1.29 is 4.79 Å². The van der Waals surface area contributed by atoms with Gasteiger partial charge in [-0.3, -0.25) is 4.79 Å². The third-order valence-corrected chi connectivity index (χ3v) is 3.88. The summed E-state index contributed by atoms with van der Waals surface area (Å²) in [5, 5.41) is 0. The lowest BCUT2D eigenvalue weighted by atomic mass is 9.74. The van der Waals surface area contributed by atoms with Crippen LogP contribution in [0.5, 0.6) is 0 Å². The fourth-order valence-electron chi connectivity index (χ4n) is 3.63. The minimum Gasteiger partial charge on any atom is -0.329 e. The average Bonchev–Trinajstić information content (AvgIpc) is 2.11. The van der Waals surface area contributed by atoms with E-state index in [1.165, 1.54) is 0 Å². The molecule has 0 aromatic heterocycles. The molecule has 0 saturated carbocycles. The minimum atomic E-state index is -0.0531. The van der Waals surface area contributed by atoms with Gasteiger partial charge in [0, 0.05) is 16.7 Å². The summed E-state index contributed by atoms with van der Waals surface area (Å²) in [5.41, 5.74) is 0.742. The number of carbonyl (C=O) groups excluding carboxylic acids is 1. The largest absolute Gasteiger partial charge is 0.329 e. The van der Waals surface area contributed by atoms with Crippen LogP contribution in [0.15, 0.2) is 11.6 Å². The fourth-order valence-corrected chi connectivity index (χ4v) is 3.63. The molecular formula is C15H27NO. The van der Waals surface area contributed by atoms with Crippen LogP contribution in [-0.2, 0) is 4.79 Å². The molecule has 0 N–H and O–H groups in total. The lowest BCUT2D eigenvalue weighted by Crippen LogP contribution is -2.62. The van der Waals surface area contributed by atoms with Gasteiger partial charge < -0.3 is 4.90 Å². The lowest BCUT2D eigenvalue weighted by Gasteiger charge is -2.55. The van der Waals surface area contributed by atoms with E-state index in [-0.39, 0.29) is 17.0 Å². The Morgan fingerprint density at radius 3 is 1.94 bits per heavy atom. The second-order valence-corrected chi connectivity index (χ2v) is 6.75. The molecule has 1 aliphatic rings. The first-order valence-electron chi connectivity index (χ1n) is 6.59. The molecule has 0 radical (unpaired) electrons. The predicted octanol–water partition coefficient (Wildman–Crippen LogP) is 3.77. The van der Waals surface area contributed by atoms with Gasteiger partial charge in [0.1, 0.15) is 0 Å². The van der Waals surface area contributed by atoms with Crippen molar-refractivity contribution in [3.05, 3.63) is 11.6 Å². The van der Waals surface area contributed by atoms with E-state index in [9.17, 15) is 4.79 Å². The molecule has 0 bridgehead atoms. The highest BCUT2D eigenvalue weighted by atomic mass is 16.2. The van der Waals surface area contributed by atoms with Crippen LogP contribution < -0.4 is 0 Å². The van der Waals surface area contributed by atoms with Crippen LogP contribution >= 0.6 is 0 Å². The van der Waals surface area contributed by atoms with Crippen molar-refractivity contribution >= 4 is 5.91 Å². The zero-order chi connectivity index (χ0) is 13.4. The molecule has 1 aliphatic heterocycles. The molecule has 1 fully saturated rings. The Balaban J connectivity index is 3.13. The highest BCUT2D eigenvalue weighted by Gasteiger charge is 2.46. The van der Waals surface area contributed by atoms with Gasteiger partial charge in [-0.15, -0.1) is 0 Å². The predicted molar refractivity (Wildman–Crippen MR) is 72.8 cm³/mol. The van der Waals surface area contributed by atoms with E-state index in [1.54, 1.807) is 0 Å². The summed E-state index contributed by atoms with van der Waals surface area (Å²) in [6.45, 7) is 14.9. The Morgan fingerprint density at radius 2 is 1.59 bits per heavy atom. The first-order valence-corrected chi connectivity index (χ1v) is 6.59. The average molecular weight is 237 g/mol. The van der Waals surface area contributed by atoms with Crippen molar-refractivity contribution in [2.45, 2.75) is 72.4 Å². The molecule has 1 amide bonds. The number of nitrogens with zero attached hydrogens (tertiary/aromatic N) is 1. The van der Waals surface area contributed by atoms with Gasteiger partial charge in [-0.05, 0) is 60.3 Å². The lowest BCUT2D eigenvalue weighted by molar-refractivity contribution is -0.146. The fraction of sp³-hybridized carbons (Fsp3) is 0.800. The molecule has 1 heterocycles. The van der Waals surface area contributed by atoms with Gasteiger partial charge in [-0.2, -0.15) is 0 Å². The topological polar surface area (TPSA) is 20.3 Å². The zero-order valence-electron chi connectivity index (χ0n) is 12.4. The Bertz CT molecular complexity index is 321. The number of hydrogen-bond acceptors (Lipinski definition) is 1. The Labute approximate surface area is 106 Å². The second kappa shape index (κ2) is 4.47. The molecule has 0 aliphatic carbocycles. The first kappa shape index (κ1) is 14.3. The third kappa shape index (κ3) is 2.72. The monoisotopic (exact) mass is 237 g/mol. The van der Waals surface area contributed by atoms with E-state index < -0.39 is 0 Å². The van der Waals surface area contributed by atoms with Crippen molar-refractivity contribution in [1.82, 2.24) is 4.90 Å². The maximum Gasteiger partial charge on any atom is 0.250 e. The van der Waals surface area contributed by atoms with Crippen LogP contribution in [0, 0.1) is 5.92 Å². The maximum absolute atomic E-state index is 12.5. The normalized spacial score (nSPS) is 24.9. The third-order valence-electron chi connectivity index (χ3n) is 3.88. The van der Waals surface area contributed by atoms with Crippen LogP contribution in [0.25, 0.3) is 0 Å². The molecule has 2 heteroatoms. The molecule has 98 valence electrons. The number of hydrogen-bond donors (Lipinski definition) is 0. The Kier molecular flexibility index (Phi) is 3.75. The van der Waals surface area contributed by atoms with Crippen LogP contribution in [0.2, 0.25) is 0 Å². The second-order valence-electron chi connectivity index (χ2n) is 6.75. The van der Waals surface area contributed by atoms with E-state index >= 15 is 0 Å². The molecule has 0 aromatic rings. The van der Waals surface area contributed by atoms with Crippen molar-refractivity contribution in [1.29, 1.82) is 0 Å². The zero-order valence-corrected chi connectivity index (χ0v) is 12.4. The highest BCUT2D eigenvalue weighted by Crippen LogP contribution is 2.41. The van der Waals surface area contributed by atoms with Gasteiger partial charge in [-0.25, -0.2) is 0 Å². The summed E-state index contributed by atoms with van der Waals surface area (Å²) in [5.74, 6) is 0.865. The van der Waals surface area contributed by atoms with E-state index in [4.69, 9.17) is 0 Å². The number of carbonyl (C=O) groups is 1. The summed E-state index contributed by atoms with van der Waals surface area (Å²) in [6, 6.07) is 0. The van der Waals surface area contributed by atoms with E-state index in [1.807, 2.05) is 19.9 Å². The molecule has 0 aromatic carbocycles. The Morgan fingerprint density at radius 1 is 1.18 bits per heavy atom. The van der Waals surface area contributed by atoms with E-state index in [2.05, 4.69) is 39.5 Å². The van der Waals surface area contributed by atoms with Crippen molar-refractivity contribution in [2.24, 2.45) is 5.92 Å². The van der Waals surface area contributed by atoms with Crippen molar-refractivity contribution in [3.63, 3.8) is 0 Å². The van der Waals surface area contributed by atoms with Gasteiger partial charge in [0.15, 0.2) is 0 Å². The summed E-state index contributed by atoms with van der Waals surface area (Å²) < 4.78 is 0. The quantitative estimate of drug-likeness (QED) is 0.636. The van der Waals surface area contributed by atoms with Gasteiger partial charge in [0.2, 0.25) is 5.91 Å². The molecule has 0 spiro atoms. The SMILES string of the molecule is C/C=C(\C)C(=O)N1C(C)(C)CC(C)CC1(C)C. The number of piperidine rings is 1. The van der Waals surface area contributed by atoms with Crippen LogP contribution in [0.1, 0.15) is 61.3 Å². The minimum absolute atomic E-state index is 0.0531. The number of likely N-dealkylation sites (tertiary alicyclic amines) is 1.